The van der Waals surface area contributed by atoms with E-state index in [4.69, 9.17) is 19.5 Å². The number of ether oxygens (including phenoxy) is 1. The number of hydrogen-bond donors (Lipinski definition) is 10. The molecule has 1 aliphatic heterocycles. The molecule has 2 amide bonds. The van der Waals surface area contributed by atoms with Crippen molar-refractivity contribution in [2.75, 3.05) is 37.8 Å². The Labute approximate surface area is 277 Å². The minimum Gasteiger partial charge on any atom is -0.386 e. The fourth-order valence-electron chi connectivity index (χ4n) is 4.14. The maximum atomic E-state index is 12.6. The second-order valence-electron chi connectivity index (χ2n) is 10.8. The molecule has 0 spiro atoms. The molecule has 2 aromatic rings. The molecule has 7 atom stereocenters. The standard InChI is InChI=1S/C21H36N7O16P3S/c1-21(2,16(31)19(32)24-4-3-12(29)23-5-6-48)8-41-47(38,39)44-46(36,37)40-7-11-15(43-45(33,34)35)14(30)20(42-11)28-10-27-13-17(22)25-9-26-18(13)28/h9-11,14-16,20,30-31,48H,3-8H2,1-2H3,(H,23,29)(H,24,32)(H,36,37)(H,38,39)(H2,22,25,26)(H2,33,34,35)/t11-,14+,15-,16-,20+/m0/s1. The summed E-state index contributed by atoms with van der Waals surface area (Å²) in [5, 5.41) is 26.1. The van der Waals surface area contributed by atoms with E-state index in [1.807, 2.05) is 0 Å². The summed E-state index contributed by atoms with van der Waals surface area (Å²) in [6.45, 7) is 0.723. The van der Waals surface area contributed by atoms with E-state index in [0.29, 0.717) is 12.3 Å². The third-order valence-electron chi connectivity index (χ3n) is 6.51. The molecule has 48 heavy (non-hydrogen) atoms. The van der Waals surface area contributed by atoms with Crippen LogP contribution in [0.25, 0.3) is 11.2 Å². The molecular formula is C21H36N7O16P3S. The van der Waals surface area contributed by atoms with Gasteiger partial charge in [0.1, 0.15) is 36.3 Å². The fourth-order valence-corrected chi connectivity index (χ4v) is 7.08. The second-order valence-corrected chi connectivity index (χ2v) is 15.5. The smallest absolute Gasteiger partial charge is 0.386 e. The Kier molecular flexibility index (Phi) is 13.7. The molecule has 0 radical (unpaired) electrons. The third-order valence-corrected chi connectivity index (χ3v) is 9.83. The number of nitrogens with zero attached hydrogens (tertiary/aromatic N) is 4. The Bertz CT molecular complexity index is 1590. The van der Waals surface area contributed by atoms with Gasteiger partial charge in [-0.25, -0.2) is 28.6 Å². The van der Waals surface area contributed by atoms with Gasteiger partial charge in [-0.2, -0.15) is 16.9 Å². The number of aromatic nitrogens is 4. The quantitative estimate of drug-likeness (QED) is 0.0599. The number of fused-ring (bicyclic) bond motifs is 1. The molecule has 2 unspecified atom stereocenters. The van der Waals surface area contributed by atoms with Gasteiger partial charge in [-0.15, -0.1) is 0 Å². The summed E-state index contributed by atoms with van der Waals surface area (Å²) in [5.74, 6) is -0.943. The average Bonchev–Trinajstić information content (AvgIpc) is 3.54. The van der Waals surface area contributed by atoms with Crippen molar-refractivity contribution in [3.8, 4) is 0 Å². The number of carbonyl (C=O) groups excluding carboxylic acids is 2. The van der Waals surface area contributed by atoms with E-state index in [2.05, 4.69) is 47.0 Å². The van der Waals surface area contributed by atoms with Crippen LogP contribution in [0, 0.1) is 5.41 Å². The van der Waals surface area contributed by atoms with Gasteiger partial charge in [0, 0.05) is 30.7 Å². The molecule has 3 rings (SSSR count). The molecule has 1 fully saturated rings. The Balaban J connectivity index is 1.61. The largest absolute Gasteiger partial charge is 0.481 e. The van der Waals surface area contributed by atoms with Crippen LogP contribution < -0.4 is 16.4 Å². The Hall–Kier alpha value is -2.11. The Morgan fingerprint density at radius 3 is 2.42 bits per heavy atom. The maximum Gasteiger partial charge on any atom is 0.481 e. The van der Waals surface area contributed by atoms with E-state index < -0.39 is 78.6 Å². The first-order valence-electron chi connectivity index (χ1n) is 13.7. The van der Waals surface area contributed by atoms with E-state index >= 15 is 0 Å². The number of aliphatic hydroxyl groups excluding tert-OH is 2. The summed E-state index contributed by atoms with van der Waals surface area (Å²) in [6.07, 6.45) is -6.74. The van der Waals surface area contributed by atoms with Gasteiger partial charge in [-0.1, -0.05) is 13.8 Å². The Morgan fingerprint density at radius 2 is 1.77 bits per heavy atom. The number of thiol groups is 1. The molecule has 1 saturated heterocycles. The highest BCUT2D eigenvalue weighted by Crippen LogP contribution is 2.61. The number of nitrogen functional groups attached to an aromatic ring is 1. The van der Waals surface area contributed by atoms with Crippen LogP contribution >= 0.6 is 36.1 Å². The minimum absolute atomic E-state index is 0.0363. The number of carbonyl (C=O) groups is 2. The van der Waals surface area contributed by atoms with Gasteiger partial charge >= 0.3 is 23.5 Å². The van der Waals surface area contributed by atoms with Crippen LogP contribution in [0.4, 0.5) is 5.82 Å². The average molecular weight is 768 g/mol. The van der Waals surface area contributed by atoms with Crippen molar-refractivity contribution in [2.45, 2.75) is 50.9 Å². The SMILES string of the molecule is CC(C)(COP(=O)(O)OP(=O)(O)OC[C@@H]1O[C@@H](n2cnc3c(N)ncnc32)[C@H](O)[C@H]1OP(=O)(O)O)[C@@H](O)C(=O)NCCC(=O)NCCS. The summed E-state index contributed by atoms with van der Waals surface area (Å²) in [4.78, 5) is 74.6. The van der Waals surface area contributed by atoms with Crippen molar-refractivity contribution >= 4 is 64.9 Å². The molecule has 0 bridgehead atoms. The molecule has 0 aromatic carbocycles. The number of nitrogens with two attached hydrogens (primary N) is 1. The van der Waals surface area contributed by atoms with Crippen molar-refractivity contribution < 1.29 is 75.7 Å². The highest BCUT2D eigenvalue weighted by Gasteiger charge is 2.50. The first-order chi connectivity index (χ1) is 22.2. The Morgan fingerprint density at radius 1 is 1.10 bits per heavy atom. The van der Waals surface area contributed by atoms with Gasteiger partial charge in [0.25, 0.3) is 0 Å². The molecule has 27 heteroatoms. The number of phosphoric ester groups is 3. The van der Waals surface area contributed by atoms with Crippen LogP contribution in [-0.2, 0) is 45.9 Å². The van der Waals surface area contributed by atoms with Crippen molar-refractivity contribution in [1.29, 1.82) is 0 Å². The summed E-state index contributed by atoms with van der Waals surface area (Å²) in [5.41, 5.74) is 4.30. The summed E-state index contributed by atoms with van der Waals surface area (Å²) < 4.78 is 61.7. The molecule has 10 N–H and O–H groups in total. The molecule has 0 saturated carbocycles. The summed E-state index contributed by atoms with van der Waals surface area (Å²) in [7, 11) is -16.3. The van der Waals surface area contributed by atoms with Gasteiger partial charge < -0.3 is 50.9 Å². The molecule has 272 valence electrons. The monoisotopic (exact) mass is 767 g/mol. The van der Waals surface area contributed by atoms with Gasteiger partial charge in [-0.3, -0.25) is 27.7 Å². The molecule has 2 aromatic heterocycles. The lowest BCUT2D eigenvalue weighted by Gasteiger charge is -2.30. The van der Waals surface area contributed by atoms with Crippen LogP contribution in [0.15, 0.2) is 12.7 Å². The number of aliphatic hydroxyl groups is 2. The van der Waals surface area contributed by atoms with E-state index in [1.165, 1.54) is 13.8 Å². The van der Waals surface area contributed by atoms with Crippen LogP contribution in [-0.4, -0.2) is 118 Å². The fraction of sp³-hybridized carbons (Fsp3) is 0.667. The van der Waals surface area contributed by atoms with Crippen LogP contribution in [0.5, 0.6) is 0 Å². The van der Waals surface area contributed by atoms with Gasteiger partial charge in [-0.05, 0) is 0 Å². The van der Waals surface area contributed by atoms with Crippen LogP contribution in [0.1, 0.15) is 26.5 Å². The van der Waals surface area contributed by atoms with Crippen molar-refractivity contribution in [3.05, 3.63) is 12.7 Å². The van der Waals surface area contributed by atoms with E-state index in [1.54, 1.807) is 0 Å². The van der Waals surface area contributed by atoms with Gasteiger partial charge in [0.15, 0.2) is 17.7 Å². The number of amides is 2. The van der Waals surface area contributed by atoms with Crippen LogP contribution in [0.2, 0.25) is 0 Å². The lowest BCUT2D eigenvalue weighted by molar-refractivity contribution is -0.137. The molecular weight excluding hydrogens is 731 g/mol. The minimum atomic E-state index is -5.54. The van der Waals surface area contributed by atoms with E-state index in [-0.39, 0.29) is 35.9 Å². The van der Waals surface area contributed by atoms with Crippen molar-refractivity contribution in [1.82, 2.24) is 30.2 Å². The number of hydrogen-bond acceptors (Lipinski definition) is 17. The van der Waals surface area contributed by atoms with Crippen molar-refractivity contribution in [3.63, 3.8) is 0 Å². The zero-order valence-electron chi connectivity index (χ0n) is 25.2. The number of rotatable bonds is 18. The second kappa shape index (κ2) is 16.3. The lowest BCUT2D eigenvalue weighted by Crippen LogP contribution is -2.46. The first-order valence-corrected chi connectivity index (χ1v) is 18.8. The molecule has 0 aliphatic carbocycles. The van der Waals surface area contributed by atoms with Gasteiger partial charge in [0.2, 0.25) is 11.8 Å². The normalized spacial score (nSPS) is 23.4. The van der Waals surface area contributed by atoms with E-state index in [9.17, 15) is 53.1 Å². The maximum absolute atomic E-state index is 12.6. The third kappa shape index (κ3) is 11.2. The summed E-state index contributed by atoms with van der Waals surface area (Å²) >= 11 is 3.95. The van der Waals surface area contributed by atoms with Crippen LogP contribution in [0.3, 0.4) is 0 Å². The lowest BCUT2D eigenvalue weighted by atomic mass is 9.87. The predicted molar refractivity (Wildman–Crippen MR) is 163 cm³/mol. The predicted octanol–water partition coefficient (Wildman–Crippen LogP) is -1.67. The topological polar surface area (TPSA) is 347 Å². The first kappa shape index (κ1) is 40.3. The zero-order valence-corrected chi connectivity index (χ0v) is 28.8. The highest BCUT2D eigenvalue weighted by molar-refractivity contribution is 7.80. The molecule has 1 aliphatic rings. The number of anilines is 1. The highest BCUT2D eigenvalue weighted by atomic mass is 32.1. The molecule has 3 heterocycles. The zero-order chi connectivity index (χ0) is 36.1. The van der Waals surface area contributed by atoms with Gasteiger partial charge in [0.05, 0.1) is 19.5 Å². The van der Waals surface area contributed by atoms with Crippen molar-refractivity contribution in [2.24, 2.45) is 5.41 Å². The number of imidazole rings is 1. The number of nitrogens with one attached hydrogen (secondary N) is 2. The van der Waals surface area contributed by atoms with E-state index in [0.717, 1.165) is 17.2 Å². The number of phosphoric acid groups is 3. The summed E-state index contributed by atoms with van der Waals surface area (Å²) in [6, 6.07) is 0. The molecule has 23 nitrogen and oxygen atoms in total.